The van der Waals surface area contributed by atoms with Crippen molar-refractivity contribution in [3.63, 3.8) is 0 Å². The van der Waals surface area contributed by atoms with Gasteiger partial charge < -0.3 is 9.47 Å². The van der Waals surface area contributed by atoms with Gasteiger partial charge in [0.1, 0.15) is 6.79 Å². The first kappa shape index (κ1) is 12.0. The van der Waals surface area contributed by atoms with E-state index < -0.39 is 0 Å². The van der Waals surface area contributed by atoms with Crippen LogP contribution in [0.15, 0.2) is 0 Å². The molecule has 2 atom stereocenters. The van der Waals surface area contributed by atoms with Crippen molar-refractivity contribution in [2.75, 3.05) is 6.79 Å². The van der Waals surface area contributed by atoms with Crippen molar-refractivity contribution >= 4 is 0 Å². The standard InChI is InChI=1S/C12H24O2/c1-3-5-7-11-9-12(8-6-4-2)14-10-13-11/h11-12H,3-10H2,1-2H3/t11-,12+. The highest BCUT2D eigenvalue weighted by Crippen LogP contribution is 2.21. The highest BCUT2D eigenvalue weighted by molar-refractivity contribution is 4.69. The lowest BCUT2D eigenvalue weighted by atomic mass is 10.0. The molecule has 0 aromatic rings. The average molecular weight is 200 g/mol. The first-order valence-corrected chi connectivity index (χ1v) is 6.10. The zero-order chi connectivity index (χ0) is 10.2. The van der Waals surface area contributed by atoms with E-state index in [2.05, 4.69) is 13.8 Å². The second kappa shape index (κ2) is 7.24. The fourth-order valence-corrected chi connectivity index (χ4v) is 1.93. The Balaban J connectivity index is 2.14. The van der Waals surface area contributed by atoms with E-state index in [0.717, 1.165) is 6.42 Å². The van der Waals surface area contributed by atoms with Gasteiger partial charge in [-0.1, -0.05) is 39.5 Å². The van der Waals surface area contributed by atoms with E-state index in [9.17, 15) is 0 Å². The van der Waals surface area contributed by atoms with Crippen LogP contribution in [0.3, 0.4) is 0 Å². The van der Waals surface area contributed by atoms with Crippen molar-refractivity contribution in [1.29, 1.82) is 0 Å². The molecule has 1 aliphatic rings. The summed E-state index contributed by atoms with van der Waals surface area (Å²) >= 11 is 0. The van der Waals surface area contributed by atoms with Gasteiger partial charge in [-0.25, -0.2) is 0 Å². The maximum Gasteiger partial charge on any atom is 0.147 e. The van der Waals surface area contributed by atoms with Crippen molar-refractivity contribution in [2.24, 2.45) is 0 Å². The number of ether oxygens (including phenoxy) is 2. The third-order valence-corrected chi connectivity index (χ3v) is 2.89. The summed E-state index contributed by atoms with van der Waals surface area (Å²) in [6, 6.07) is 0. The quantitative estimate of drug-likeness (QED) is 0.653. The van der Waals surface area contributed by atoms with Gasteiger partial charge in [-0.2, -0.15) is 0 Å². The molecule has 1 saturated heterocycles. The Bertz CT molecular complexity index is 122. The smallest absolute Gasteiger partial charge is 0.147 e. The molecule has 0 radical (unpaired) electrons. The molecule has 1 fully saturated rings. The van der Waals surface area contributed by atoms with Gasteiger partial charge in [-0.3, -0.25) is 0 Å². The molecule has 84 valence electrons. The minimum atomic E-state index is 0.463. The van der Waals surface area contributed by atoms with Crippen LogP contribution in [-0.2, 0) is 9.47 Å². The SMILES string of the molecule is CCCC[C@@H]1C[C@H](CCCC)OCO1. The first-order chi connectivity index (χ1) is 6.86. The average Bonchev–Trinajstić information content (AvgIpc) is 2.24. The second-order valence-electron chi connectivity index (χ2n) is 4.22. The summed E-state index contributed by atoms with van der Waals surface area (Å²) in [7, 11) is 0. The summed E-state index contributed by atoms with van der Waals surface area (Å²) in [5.74, 6) is 0. The van der Waals surface area contributed by atoms with Crippen molar-refractivity contribution in [3.05, 3.63) is 0 Å². The minimum absolute atomic E-state index is 0.463. The van der Waals surface area contributed by atoms with Crippen LogP contribution in [0, 0.1) is 0 Å². The fourth-order valence-electron chi connectivity index (χ4n) is 1.93. The molecular formula is C12H24O2. The van der Waals surface area contributed by atoms with Gasteiger partial charge in [0.05, 0.1) is 12.2 Å². The summed E-state index contributed by atoms with van der Waals surface area (Å²) in [4.78, 5) is 0. The molecule has 0 aromatic carbocycles. The van der Waals surface area contributed by atoms with Gasteiger partial charge in [-0.15, -0.1) is 0 Å². The molecule has 0 saturated carbocycles. The van der Waals surface area contributed by atoms with Gasteiger partial charge in [0.15, 0.2) is 0 Å². The van der Waals surface area contributed by atoms with E-state index in [1.807, 2.05) is 0 Å². The molecule has 0 N–H and O–H groups in total. The Morgan fingerprint density at radius 1 is 0.929 bits per heavy atom. The van der Waals surface area contributed by atoms with E-state index in [1.54, 1.807) is 0 Å². The summed E-state index contributed by atoms with van der Waals surface area (Å²) in [5.41, 5.74) is 0. The van der Waals surface area contributed by atoms with Crippen molar-refractivity contribution < 1.29 is 9.47 Å². The Morgan fingerprint density at radius 2 is 1.43 bits per heavy atom. The molecule has 1 aliphatic heterocycles. The monoisotopic (exact) mass is 200 g/mol. The van der Waals surface area contributed by atoms with E-state index in [-0.39, 0.29) is 0 Å². The molecule has 0 aliphatic carbocycles. The number of hydrogen-bond donors (Lipinski definition) is 0. The zero-order valence-electron chi connectivity index (χ0n) is 9.63. The van der Waals surface area contributed by atoms with Crippen LogP contribution in [-0.4, -0.2) is 19.0 Å². The van der Waals surface area contributed by atoms with E-state index >= 15 is 0 Å². The molecular weight excluding hydrogens is 176 g/mol. The first-order valence-electron chi connectivity index (χ1n) is 6.10. The van der Waals surface area contributed by atoms with Gasteiger partial charge in [-0.05, 0) is 19.3 Å². The van der Waals surface area contributed by atoms with Crippen molar-refractivity contribution in [1.82, 2.24) is 0 Å². The van der Waals surface area contributed by atoms with Crippen molar-refractivity contribution in [3.8, 4) is 0 Å². The Labute approximate surface area is 88.0 Å². The van der Waals surface area contributed by atoms with E-state index in [1.165, 1.54) is 38.5 Å². The summed E-state index contributed by atoms with van der Waals surface area (Å²) in [6.07, 6.45) is 9.55. The highest BCUT2D eigenvalue weighted by Gasteiger charge is 2.21. The molecule has 2 nitrogen and oxygen atoms in total. The van der Waals surface area contributed by atoms with Crippen LogP contribution in [0.4, 0.5) is 0 Å². The maximum absolute atomic E-state index is 5.57. The molecule has 1 heterocycles. The van der Waals surface area contributed by atoms with Crippen LogP contribution in [0.2, 0.25) is 0 Å². The lowest BCUT2D eigenvalue weighted by molar-refractivity contribution is -0.178. The predicted octanol–water partition coefficient (Wildman–Crippen LogP) is 3.50. The lowest BCUT2D eigenvalue weighted by Crippen LogP contribution is -2.31. The Kier molecular flexibility index (Phi) is 6.20. The van der Waals surface area contributed by atoms with Crippen LogP contribution in [0.1, 0.15) is 58.8 Å². The number of hydrogen-bond acceptors (Lipinski definition) is 2. The van der Waals surface area contributed by atoms with Crippen LogP contribution >= 0.6 is 0 Å². The maximum atomic E-state index is 5.57. The Morgan fingerprint density at radius 3 is 1.86 bits per heavy atom. The van der Waals surface area contributed by atoms with Gasteiger partial charge >= 0.3 is 0 Å². The van der Waals surface area contributed by atoms with E-state index in [4.69, 9.17) is 9.47 Å². The molecule has 2 heteroatoms. The molecule has 0 unspecified atom stereocenters. The van der Waals surface area contributed by atoms with Gasteiger partial charge in [0, 0.05) is 0 Å². The van der Waals surface area contributed by atoms with E-state index in [0.29, 0.717) is 19.0 Å². The molecule has 1 rings (SSSR count). The van der Waals surface area contributed by atoms with Crippen LogP contribution in [0.5, 0.6) is 0 Å². The normalized spacial score (nSPS) is 27.9. The molecule has 0 aromatic heterocycles. The summed E-state index contributed by atoms with van der Waals surface area (Å²) < 4.78 is 11.1. The molecule has 0 bridgehead atoms. The minimum Gasteiger partial charge on any atom is -0.352 e. The molecule has 0 spiro atoms. The van der Waals surface area contributed by atoms with Crippen LogP contribution in [0.25, 0.3) is 0 Å². The third-order valence-electron chi connectivity index (χ3n) is 2.89. The van der Waals surface area contributed by atoms with Gasteiger partial charge in [0.2, 0.25) is 0 Å². The Hall–Kier alpha value is -0.0800. The topological polar surface area (TPSA) is 18.5 Å². The second-order valence-corrected chi connectivity index (χ2v) is 4.22. The largest absolute Gasteiger partial charge is 0.352 e. The molecule has 14 heavy (non-hydrogen) atoms. The molecule has 0 amide bonds. The fraction of sp³-hybridized carbons (Fsp3) is 1.00. The number of rotatable bonds is 6. The summed E-state index contributed by atoms with van der Waals surface area (Å²) in [6.45, 7) is 4.98. The third kappa shape index (κ3) is 4.43. The van der Waals surface area contributed by atoms with Crippen LogP contribution < -0.4 is 0 Å². The number of unbranched alkanes of at least 4 members (excludes halogenated alkanes) is 2. The zero-order valence-corrected chi connectivity index (χ0v) is 9.63. The summed E-state index contributed by atoms with van der Waals surface area (Å²) in [5, 5.41) is 0. The van der Waals surface area contributed by atoms with Gasteiger partial charge in [0.25, 0.3) is 0 Å². The lowest BCUT2D eigenvalue weighted by Gasteiger charge is -2.29. The van der Waals surface area contributed by atoms with Crippen molar-refractivity contribution in [2.45, 2.75) is 71.0 Å². The predicted molar refractivity (Wildman–Crippen MR) is 58.3 cm³/mol. The highest BCUT2D eigenvalue weighted by atomic mass is 16.7.